The van der Waals surface area contributed by atoms with E-state index in [1.54, 1.807) is 0 Å². The Balaban J connectivity index is 2.36. The summed E-state index contributed by atoms with van der Waals surface area (Å²) >= 11 is 0. The Labute approximate surface area is 100 Å². The van der Waals surface area contributed by atoms with E-state index in [0.717, 1.165) is 5.01 Å². The van der Waals surface area contributed by atoms with Crippen LogP contribution in [0.2, 0.25) is 0 Å². The van der Waals surface area contributed by atoms with E-state index < -0.39 is 17.4 Å². The second-order valence-corrected chi connectivity index (χ2v) is 3.48. The summed E-state index contributed by atoms with van der Waals surface area (Å²) in [5.74, 6) is -1.33. The number of esters is 1. The summed E-state index contributed by atoms with van der Waals surface area (Å²) in [5, 5.41) is 11.8. The van der Waals surface area contributed by atoms with Crippen LogP contribution in [0.15, 0.2) is 9.90 Å². The number of nitrogens with zero attached hydrogens (tertiary/aromatic N) is 4. The molecule has 0 spiro atoms. The van der Waals surface area contributed by atoms with Crippen molar-refractivity contribution in [2.24, 2.45) is 5.10 Å². The zero-order chi connectivity index (χ0) is 13.3. The largest absolute Gasteiger partial charge is 0.464 e. The number of anilines is 1. The number of hydrogen-bond donors (Lipinski definition) is 1. The van der Waals surface area contributed by atoms with Crippen LogP contribution in [0.25, 0.3) is 0 Å². The third-order valence-electron chi connectivity index (χ3n) is 2.25. The average Bonchev–Trinajstić information content (AvgIpc) is 2.74. The molecule has 0 bridgehead atoms. The van der Waals surface area contributed by atoms with Gasteiger partial charge in [-0.25, -0.2) is 4.79 Å². The highest BCUT2D eigenvalue weighted by molar-refractivity contribution is 6.42. The van der Waals surface area contributed by atoms with Crippen molar-refractivity contribution < 1.29 is 14.3 Å². The lowest BCUT2D eigenvalue weighted by molar-refractivity contribution is -0.133. The van der Waals surface area contributed by atoms with Crippen molar-refractivity contribution in [2.75, 3.05) is 12.1 Å². The first-order valence-corrected chi connectivity index (χ1v) is 4.95. The monoisotopic (exact) mass is 251 g/mol. The molecule has 0 radical (unpaired) electrons. The van der Waals surface area contributed by atoms with Crippen LogP contribution in [0.4, 0.5) is 5.95 Å². The van der Waals surface area contributed by atoms with Crippen molar-refractivity contribution in [3.63, 3.8) is 0 Å². The number of aromatic amines is 1. The van der Waals surface area contributed by atoms with E-state index in [4.69, 9.17) is 0 Å². The molecule has 2 rings (SSSR count). The first-order chi connectivity index (χ1) is 8.52. The zero-order valence-corrected chi connectivity index (χ0v) is 9.63. The molecule has 94 valence electrons. The number of ether oxygens (including phenoxy) is 1. The number of carbonyl (C=O) groups excluding carboxylic acids is 2. The highest BCUT2D eigenvalue weighted by atomic mass is 16.5. The normalized spacial score (nSPS) is 14.7. The molecule has 1 N–H and O–H groups in total. The standard InChI is InChI=1S/C9H9N5O4/c1-4-7(16)10-9(12-11-4)14-6(15)3-5(13-14)8(17)18-2/h3H2,1-2H3,(H,10,12,16). The third-order valence-corrected chi connectivity index (χ3v) is 2.25. The van der Waals surface area contributed by atoms with E-state index in [-0.39, 0.29) is 23.8 Å². The van der Waals surface area contributed by atoms with Gasteiger partial charge in [-0.05, 0) is 6.92 Å². The van der Waals surface area contributed by atoms with Crippen molar-refractivity contribution >= 4 is 23.5 Å². The molecule has 1 amide bonds. The number of hydrazone groups is 1. The number of amides is 1. The maximum absolute atomic E-state index is 11.6. The van der Waals surface area contributed by atoms with Crippen molar-refractivity contribution in [3.05, 3.63) is 16.0 Å². The van der Waals surface area contributed by atoms with Gasteiger partial charge in [0.2, 0.25) is 0 Å². The second-order valence-electron chi connectivity index (χ2n) is 3.48. The minimum absolute atomic E-state index is 0.0503. The SMILES string of the molecule is COC(=O)C1=NN(c2nnc(C)c(=O)[nH]2)C(=O)C1. The summed E-state index contributed by atoms with van der Waals surface area (Å²) in [4.78, 5) is 36.5. The fourth-order valence-corrected chi connectivity index (χ4v) is 1.31. The van der Waals surface area contributed by atoms with Gasteiger partial charge in [0, 0.05) is 0 Å². The Morgan fingerprint density at radius 3 is 2.72 bits per heavy atom. The Hall–Kier alpha value is -2.58. The lowest BCUT2D eigenvalue weighted by Crippen LogP contribution is -2.26. The number of aromatic nitrogens is 3. The fraction of sp³-hybridized carbons (Fsp3) is 0.333. The molecule has 2 heterocycles. The number of nitrogens with one attached hydrogen (secondary N) is 1. The topological polar surface area (TPSA) is 118 Å². The van der Waals surface area contributed by atoms with E-state index in [2.05, 4.69) is 25.0 Å². The molecular formula is C9H9N5O4. The summed E-state index contributed by atoms with van der Waals surface area (Å²) in [5.41, 5.74) is -0.359. The van der Waals surface area contributed by atoms with Gasteiger partial charge in [0.05, 0.1) is 13.5 Å². The Bertz CT molecular complexity index is 605. The summed E-state index contributed by atoms with van der Waals surface area (Å²) < 4.78 is 4.45. The number of rotatable bonds is 2. The van der Waals surface area contributed by atoms with E-state index >= 15 is 0 Å². The number of H-pyrrole nitrogens is 1. The molecule has 1 aliphatic rings. The van der Waals surface area contributed by atoms with Gasteiger partial charge in [0.25, 0.3) is 17.4 Å². The van der Waals surface area contributed by atoms with Gasteiger partial charge >= 0.3 is 5.97 Å². The van der Waals surface area contributed by atoms with Crippen LogP contribution in [-0.4, -0.2) is 39.9 Å². The van der Waals surface area contributed by atoms with Crippen molar-refractivity contribution in [1.82, 2.24) is 15.2 Å². The molecule has 9 heteroatoms. The number of carbonyl (C=O) groups is 2. The van der Waals surface area contributed by atoms with Crippen LogP contribution in [0.5, 0.6) is 0 Å². The highest BCUT2D eigenvalue weighted by Gasteiger charge is 2.31. The van der Waals surface area contributed by atoms with Gasteiger partial charge in [-0.15, -0.1) is 10.2 Å². The Kier molecular flexibility index (Phi) is 2.88. The molecule has 9 nitrogen and oxygen atoms in total. The van der Waals surface area contributed by atoms with Crippen molar-refractivity contribution in [1.29, 1.82) is 0 Å². The maximum Gasteiger partial charge on any atom is 0.354 e. The lowest BCUT2D eigenvalue weighted by atomic mass is 10.3. The second kappa shape index (κ2) is 4.35. The molecule has 0 aromatic carbocycles. The van der Waals surface area contributed by atoms with Crippen LogP contribution >= 0.6 is 0 Å². The van der Waals surface area contributed by atoms with Gasteiger partial charge in [-0.3, -0.25) is 14.6 Å². The first-order valence-electron chi connectivity index (χ1n) is 4.95. The maximum atomic E-state index is 11.6. The summed E-state index contributed by atoms with van der Waals surface area (Å²) in [7, 11) is 1.19. The van der Waals surface area contributed by atoms with Crippen LogP contribution < -0.4 is 10.6 Å². The smallest absolute Gasteiger partial charge is 0.354 e. The molecule has 0 aliphatic carbocycles. The molecule has 0 atom stereocenters. The van der Waals surface area contributed by atoms with Crippen molar-refractivity contribution in [3.8, 4) is 0 Å². The molecule has 18 heavy (non-hydrogen) atoms. The predicted octanol–water partition coefficient (Wildman–Crippen LogP) is -1.26. The minimum Gasteiger partial charge on any atom is -0.464 e. The van der Waals surface area contributed by atoms with Crippen molar-refractivity contribution in [2.45, 2.75) is 13.3 Å². The van der Waals surface area contributed by atoms with E-state index in [1.807, 2.05) is 0 Å². The molecule has 0 saturated heterocycles. The van der Waals surface area contributed by atoms with Gasteiger partial charge < -0.3 is 4.74 Å². The summed E-state index contributed by atoms with van der Waals surface area (Å²) in [6.45, 7) is 1.48. The molecule has 1 aromatic rings. The molecule has 0 unspecified atom stereocenters. The van der Waals surface area contributed by atoms with Gasteiger partial charge in [-0.1, -0.05) is 0 Å². The van der Waals surface area contributed by atoms with Crippen LogP contribution in [0, 0.1) is 6.92 Å². The lowest BCUT2D eigenvalue weighted by Gasteiger charge is -2.08. The quantitative estimate of drug-likeness (QED) is 0.655. The van der Waals surface area contributed by atoms with Crippen LogP contribution in [-0.2, 0) is 14.3 Å². The predicted molar refractivity (Wildman–Crippen MR) is 58.9 cm³/mol. The molecule has 1 aromatic heterocycles. The van der Waals surface area contributed by atoms with E-state index in [9.17, 15) is 14.4 Å². The molecular weight excluding hydrogens is 242 g/mol. The Morgan fingerprint density at radius 1 is 1.39 bits per heavy atom. The Morgan fingerprint density at radius 2 is 2.11 bits per heavy atom. The van der Waals surface area contributed by atoms with Crippen LogP contribution in [0.3, 0.4) is 0 Å². The zero-order valence-electron chi connectivity index (χ0n) is 9.63. The number of aryl methyl sites for hydroxylation is 1. The van der Waals surface area contributed by atoms with Gasteiger partial charge in [0.1, 0.15) is 5.69 Å². The van der Waals surface area contributed by atoms with E-state index in [1.165, 1.54) is 14.0 Å². The minimum atomic E-state index is -0.701. The van der Waals surface area contributed by atoms with Crippen LogP contribution in [0.1, 0.15) is 12.1 Å². The fourth-order valence-electron chi connectivity index (χ4n) is 1.31. The first kappa shape index (κ1) is 11.9. The third kappa shape index (κ3) is 1.97. The summed E-state index contributed by atoms with van der Waals surface area (Å²) in [6, 6.07) is 0. The summed E-state index contributed by atoms with van der Waals surface area (Å²) in [6.07, 6.45) is -0.204. The molecule has 0 fully saturated rings. The number of hydrogen-bond acceptors (Lipinski definition) is 7. The average molecular weight is 251 g/mol. The molecule has 1 aliphatic heterocycles. The highest BCUT2D eigenvalue weighted by Crippen LogP contribution is 2.14. The molecule has 0 saturated carbocycles. The number of methoxy groups -OCH3 is 1. The van der Waals surface area contributed by atoms with Gasteiger partial charge in [-0.2, -0.15) is 10.1 Å². The van der Waals surface area contributed by atoms with Gasteiger partial charge in [0.15, 0.2) is 5.71 Å². The van der Waals surface area contributed by atoms with E-state index in [0.29, 0.717) is 0 Å².